The molecule has 38 heavy (non-hydrogen) atoms. The van der Waals surface area contributed by atoms with Crippen LogP contribution in [0, 0.1) is 40.9 Å². The zero-order valence-corrected chi connectivity index (χ0v) is 23.4. The van der Waals surface area contributed by atoms with Crippen molar-refractivity contribution < 1.29 is 29.0 Å². The molecule has 206 valence electrons. The molecule has 0 unspecified atom stereocenters. The lowest BCUT2D eigenvalue weighted by Crippen LogP contribution is -2.63. The van der Waals surface area contributed by atoms with Crippen LogP contribution in [-0.4, -0.2) is 41.6 Å². The van der Waals surface area contributed by atoms with E-state index in [0.717, 1.165) is 30.4 Å². The Kier molecular flexibility index (Phi) is 7.77. The average molecular weight is 523 g/mol. The summed E-state index contributed by atoms with van der Waals surface area (Å²) in [6, 6.07) is 7.68. The van der Waals surface area contributed by atoms with Gasteiger partial charge in [0.15, 0.2) is 6.61 Å². The second-order valence-electron chi connectivity index (χ2n) is 12.4. The lowest BCUT2D eigenvalue weighted by molar-refractivity contribution is -0.208. The molecule has 6 heteroatoms. The van der Waals surface area contributed by atoms with Crippen molar-refractivity contribution in [3.63, 3.8) is 0 Å². The molecule has 3 aliphatic carbocycles. The van der Waals surface area contributed by atoms with Gasteiger partial charge in [-0.3, -0.25) is 4.79 Å². The molecule has 3 fully saturated rings. The second kappa shape index (κ2) is 10.4. The molecule has 0 amide bonds. The van der Waals surface area contributed by atoms with Crippen LogP contribution >= 0.6 is 0 Å². The second-order valence-corrected chi connectivity index (χ2v) is 12.4. The topological polar surface area (TPSA) is 89.9 Å². The van der Waals surface area contributed by atoms with Gasteiger partial charge in [0.05, 0.1) is 6.10 Å². The zero-order valence-electron chi connectivity index (χ0n) is 23.4. The van der Waals surface area contributed by atoms with Crippen molar-refractivity contribution in [3.8, 4) is 0 Å². The van der Waals surface area contributed by atoms with Gasteiger partial charge in [0.1, 0.15) is 11.9 Å². The molecule has 3 saturated carbocycles. The van der Waals surface area contributed by atoms with Crippen LogP contribution in [0.4, 0.5) is 0 Å². The maximum absolute atomic E-state index is 13.5. The Morgan fingerprint density at radius 1 is 1.21 bits per heavy atom. The first kappa shape index (κ1) is 28.3. The van der Waals surface area contributed by atoms with Crippen LogP contribution in [0.15, 0.2) is 43.0 Å². The highest BCUT2D eigenvalue weighted by Gasteiger charge is 2.68. The third kappa shape index (κ3) is 4.76. The van der Waals surface area contributed by atoms with Crippen molar-refractivity contribution in [2.75, 3.05) is 6.61 Å². The van der Waals surface area contributed by atoms with Gasteiger partial charge in [0.25, 0.3) is 0 Å². The summed E-state index contributed by atoms with van der Waals surface area (Å²) in [6.07, 6.45) is 6.69. The Hall–Kier alpha value is -2.73. The third-order valence-corrected chi connectivity index (χ3v) is 10.4. The summed E-state index contributed by atoms with van der Waals surface area (Å²) in [5.41, 5.74) is 0.290. The Morgan fingerprint density at radius 2 is 1.95 bits per heavy atom. The third-order valence-electron chi connectivity index (χ3n) is 10.4. The van der Waals surface area contributed by atoms with Crippen molar-refractivity contribution in [2.45, 2.75) is 78.9 Å². The van der Waals surface area contributed by atoms with Crippen molar-refractivity contribution in [2.24, 2.45) is 34.0 Å². The summed E-state index contributed by atoms with van der Waals surface area (Å²) in [6.45, 7) is 13.7. The van der Waals surface area contributed by atoms with E-state index in [-0.39, 0.29) is 29.0 Å². The van der Waals surface area contributed by atoms with Gasteiger partial charge in [0.2, 0.25) is 0 Å². The van der Waals surface area contributed by atoms with E-state index >= 15 is 0 Å². The molecule has 4 rings (SSSR count). The quantitative estimate of drug-likeness (QED) is 0.303. The van der Waals surface area contributed by atoms with E-state index < -0.39 is 41.6 Å². The standard InChI is InChI=1S/C32H42O6/c1-7-30(5)18-25(38-27(35)19-37-26(34)12-11-23-10-8-9-20(2)17-23)31(6)21(3)13-15-32(22(4)29(30)36)16-14-24(33)28(31)32/h7-12,17,21-22,25,28-29,36H,1,13-16,18-19H2,2-6H3/b12-11+/t21-,22+,25-,28+,29+,30-,31+,32+/m1/s1. The number of benzene rings is 1. The summed E-state index contributed by atoms with van der Waals surface area (Å²) >= 11 is 0. The largest absolute Gasteiger partial charge is 0.459 e. The zero-order chi connectivity index (χ0) is 27.9. The lowest BCUT2D eigenvalue weighted by Gasteiger charge is -2.61. The van der Waals surface area contributed by atoms with Gasteiger partial charge in [-0.2, -0.15) is 0 Å². The molecule has 1 N–H and O–H groups in total. The van der Waals surface area contributed by atoms with Crippen LogP contribution in [0.2, 0.25) is 0 Å². The van der Waals surface area contributed by atoms with Gasteiger partial charge in [-0.1, -0.05) is 63.6 Å². The first-order valence-corrected chi connectivity index (χ1v) is 13.8. The molecule has 3 aliphatic rings. The summed E-state index contributed by atoms with van der Waals surface area (Å²) in [7, 11) is 0. The number of rotatable bonds is 6. The SMILES string of the molecule is C=C[C@]1(C)C[C@@H](OC(=O)COC(=O)/C=C/c2cccc(C)c2)[C@]2(C)[C@H](C)CC[C@]3(CCC(=O)[C@H]32)[C@@H](C)[C@@H]1O. The van der Waals surface area contributed by atoms with E-state index in [4.69, 9.17) is 9.47 Å². The molecule has 0 heterocycles. The number of carbonyl (C=O) groups excluding carboxylic acids is 3. The van der Waals surface area contributed by atoms with Crippen LogP contribution in [0.1, 0.15) is 70.9 Å². The Labute approximate surface area is 226 Å². The minimum atomic E-state index is -0.725. The number of ether oxygens (including phenoxy) is 2. The fourth-order valence-corrected chi connectivity index (χ4v) is 7.81. The van der Waals surface area contributed by atoms with Crippen molar-refractivity contribution in [3.05, 3.63) is 54.1 Å². The lowest BCUT2D eigenvalue weighted by atomic mass is 9.44. The van der Waals surface area contributed by atoms with Gasteiger partial charge < -0.3 is 14.6 Å². The molecule has 8 atom stereocenters. The molecule has 6 nitrogen and oxygen atoms in total. The maximum atomic E-state index is 13.5. The number of aliphatic hydroxyl groups is 1. The minimum Gasteiger partial charge on any atom is -0.459 e. The monoisotopic (exact) mass is 522 g/mol. The molecule has 2 bridgehead atoms. The molecule has 1 aromatic carbocycles. The van der Waals surface area contributed by atoms with Crippen LogP contribution in [-0.2, 0) is 23.9 Å². The first-order chi connectivity index (χ1) is 17.9. The van der Waals surface area contributed by atoms with Gasteiger partial charge >= 0.3 is 11.9 Å². The number of aliphatic hydroxyl groups excluding tert-OH is 1. The summed E-state index contributed by atoms with van der Waals surface area (Å²) < 4.78 is 11.3. The average Bonchev–Trinajstić information content (AvgIpc) is 3.24. The van der Waals surface area contributed by atoms with E-state index in [1.54, 1.807) is 12.2 Å². The van der Waals surface area contributed by atoms with E-state index in [9.17, 15) is 19.5 Å². The number of hydrogen-bond donors (Lipinski definition) is 1. The fraction of sp³-hybridized carbons (Fsp3) is 0.594. The fourth-order valence-electron chi connectivity index (χ4n) is 7.81. The summed E-state index contributed by atoms with van der Waals surface area (Å²) in [5, 5.41) is 11.6. The Morgan fingerprint density at radius 3 is 2.63 bits per heavy atom. The molecular weight excluding hydrogens is 480 g/mol. The van der Waals surface area contributed by atoms with Gasteiger partial charge in [0, 0.05) is 29.2 Å². The summed E-state index contributed by atoms with van der Waals surface area (Å²) in [4.78, 5) is 38.8. The highest BCUT2D eigenvalue weighted by molar-refractivity contribution is 5.88. The molecule has 0 aromatic heterocycles. The van der Waals surface area contributed by atoms with Crippen molar-refractivity contribution in [1.82, 2.24) is 0 Å². The van der Waals surface area contributed by atoms with Crippen LogP contribution < -0.4 is 0 Å². The summed E-state index contributed by atoms with van der Waals surface area (Å²) in [5.74, 6) is -1.34. The van der Waals surface area contributed by atoms with Crippen molar-refractivity contribution >= 4 is 23.8 Å². The number of carbonyl (C=O) groups is 3. The molecular formula is C32H42O6. The molecule has 0 radical (unpaired) electrons. The van der Waals surface area contributed by atoms with Gasteiger partial charge in [-0.15, -0.1) is 6.58 Å². The van der Waals surface area contributed by atoms with Gasteiger partial charge in [-0.05, 0) is 61.5 Å². The smallest absolute Gasteiger partial charge is 0.344 e. The van der Waals surface area contributed by atoms with Crippen molar-refractivity contribution in [1.29, 1.82) is 0 Å². The first-order valence-electron chi connectivity index (χ1n) is 13.8. The number of aryl methyl sites for hydroxylation is 1. The Bertz CT molecular complexity index is 1140. The number of ketones is 1. The van der Waals surface area contributed by atoms with E-state index in [1.165, 1.54) is 6.08 Å². The molecule has 1 aromatic rings. The van der Waals surface area contributed by atoms with Crippen LogP contribution in [0.5, 0.6) is 0 Å². The molecule has 0 spiro atoms. The Balaban J connectivity index is 1.56. The van der Waals surface area contributed by atoms with Gasteiger partial charge in [-0.25, -0.2) is 9.59 Å². The highest BCUT2D eigenvalue weighted by atomic mass is 16.6. The predicted molar refractivity (Wildman–Crippen MR) is 146 cm³/mol. The van der Waals surface area contributed by atoms with Crippen LogP contribution in [0.25, 0.3) is 6.08 Å². The van der Waals surface area contributed by atoms with E-state index in [0.29, 0.717) is 12.8 Å². The normalized spacial score (nSPS) is 38.7. The minimum absolute atomic E-state index is 0.0911. The predicted octanol–water partition coefficient (Wildman–Crippen LogP) is 5.46. The molecule has 0 saturated heterocycles. The van der Waals surface area contributed by atoms with E-state index in [2.05, 4.69) is 27.4 Å². The number of esters is 2. The number of hydrogen-bond acceptors (Lipinski definition) is 6. The number of Topliss-reactive ketones (excluding diaryl/α,β-unsaturated/α-hetero) is 1. The maximum Gasteiger partial charge on any atom is 0.344 e. The van der Waals surface area contributed by atoms with E-state index in [1.807, 2.05) is 38.1 Å². The highest BCUT2D eigenvalue weighted by Crippen LogP contribution is 2.67. The molecule has 0 aliphatic heterocycles. The van der Waals surface area contributed by atoms with Crippen LogP contribution in [0.3, 0.4) is 0 Å².